The summed E-state index contributed by atoms with van der Waals surface area (Å²) in [4.78, 5) is 0.181. The van der Waals surface area contributed by atoms with Crippen molar-refractivity contribution in [1.29, 1.82) is 0 Å². The van der Waals surface area contributed by atoms with E-state index in [1.54, 1.807) is 37.7 Å². The van der Waals surface area contributed by atoms with Gasteiger partial charge in [0.25, 0.3) is 9.05 Å². The summed E-state index contributed by atoms with van der Waals surface area (Å²) in [5.41, 5.74) is 1.23. The van der Waals surface area contributed by atoms with Crippen LogP contribution in [0, 0.1) is 13.8 Å². The predicted octanol–water partition coefficient (Wildman–Crippen LogP) is 3.36. The second-order valence-corrected chi connectivity index (χ2v) is 7.51. The summed E-state index contributed by atoms with van der Waals surface area (Å²) in [6.07, 6.45) is 3.02. The number of hydrogen-bond acceptors (Lipinski definition) is 4. The number of halogens is 1. The average Bonchev–Trinajstić information content (AvgIpc) is 2.21. The van der Waals surface area contributed by atoms with Crippen molar-refractivity contribution in [2.45, 2.75) is 25.2 Å². The third kappa shape index (κ3) is 4.37. The van der Waals surface area contributed by atoms with Crippen LogP contribution in [-0.2, 0) is 9.05 Å². The maximum atomic E-state index is 11.4. The Morgan fingerprint density at radius 1 is 1.28 bits per heavy atom. The van der Waals surface area contributed by atoms with Gasteiger partial charge in [0.05, 0.1) is 11.5 Å². The van der Waals surface area contributed by atoms with Crippen molar-refractivity contribution in [3.63, 3.8) is 0 Å². The average molecular weight is 309 g/mol. The SMILES string of the molecule is CSCCCOc1cc(C)c(S(=O)(=O)Cl)c(C)c1. The van der Waals surface area contributed by atoms with Crippen molar-refractivity contribution in [2.75, 3.05) is 18.6 Å². The van der Waals surface area contributed by atoms with Gasteiger partial charge in [-0.15, -0.1) is 0 Å². The molecule has 102 valence electrons. The molecule has 0 saturated carbocycles. The number of thioether (sulfide) groups is 1. The largest absolute Gasteiger partial charge is 0.494 e. The van der Waals surface area contributed by atoms with Crippen LogP contribution in [0.4, 0.5) is 0 Å². The van der Waals surface area contributed by atoms with Gasteiger partial charge in [-0.2, -0.15) is 11.8 Å². The summed E-state index contributed by atoms with van der Waals surface area (Å²) in [6.45, 7) is 4.07. The normalized spacial score (nSPS) is 11.6. The number of hydrogen-bond donors (Lipinski definition) is 0. The first-order chi connectivity index (χ1) is 8.36. The fraction of sp³-hybridized carbons (Fsp3) is 0.500. The van der Waals surface area contributed by atoms with Gasteiger partial charge in [-0.3, -0.25) is 0 Å². The van der Waals surface area contributed by atoms with Crippen LogP contribution < -0.4 is 4.74 Å². The molecule has 1 rings (SSSR count). The maximum Gasteiger partial charge on any atom is 0.261 e. The number of rotatable bonds is 6. The molecule has 6 heteroatoms. The fourth-order valence-electron chi connectivity index (χ4n) is 1.77. The monoisotopic (exact) mass is 308 g/mol. The third-order valence-corrected chi connectivity index (χ3v) is 4.73. The first-order valence-corrected chi connectivity index (χ1v) is 9.24. The molecule has 0 aliphatic carbocycles. The first kappa shape index (κ1) is 15.7. The van der Waals surface area contributed by atoms with Gasteiger partial charge in [-0.05, 0) is 55.5 Å². The van der Waals surface area contributed by atoms with Gasteiger partial charge < -0.3 is 4.74 Å². The van der Waals surface area contributed by atoms with Gasteiger partial charge in [0, 0.05) is 10.7 Å². The van der Waals surface area contributed by atoms with Gasteiger partial charge >= 0.3 is 0 Å². The zero-order valence-electron chi connectivity index (χ0n) is 10.7. The fourth-order valence-corrected chi connectivity index (χ4v) is 3.80. The lowest BCUT2D eigenvalue weighted by Crippen LogP contribution is -2.02. The van der Waals surface area contributed by atoms with Crippen molar-refractivity contribution in [3.8, 4) is 5.75 Å². The van der Waals surface area contributed by atoms with E-state index in [9.17, 15) is 8.42 Å². The Bertz CT molecular complexity index is 489. The van der Waals surface area contributed by atoms with E-state index in [0.717, 1.165) is 12.2 Å². The molecule has 0 N–H and O–H groups in total. The Balaban J connectivity index is 2.87. The molecule has 18 heavy (non-hydrogen) atoms. The van der Waals surface area contributed by atoms with Gasteiger partial charge in [-0.1, -0.05) is 0 Å². The van der Waals surface area contributed by atoms with Crippen LogP contribution in [0.3, 0.4) is 0 Å². The Morgan fingerprint density at radius 2 is 1.83 bits per heavy atom. The molecule has 1 aromatic rings. The van der Waals surface area contributed by atoms with Crippen LogP contribution in [0.5, 0.6) is 5.75 Å². The molecule has 0 aliphatic heterocycles. The smallest absolute Gasteiger partial charge is 0.261 e. The standard InChI is InChI=1S/C12H17ClO3S2/c1-9-7-11(16-5-4-6-17-3)8-10(2)12(9)18(13,14)15/h7-8H,4-6H2,1-3H3. The Hall–Kier alpha value is -0.390. The van der Waals surface area contributed by atoms with Crippen molar-refractivity contribution in [2.24, 2.45) is 0 Å². The van der Waals surface area contributed by atoms with E-state index in [1.807, 2.05) is 0 Å². The van der Waals surface area contributed by atoms with Crippen LogP contribution in [0.25, 0.3) is 0 Å². The number of benzene rings is 1. The van der Waals surface area contributed by atoms with Gasteiger partial charge in [0.1, 0.15) is 5.75 Å². The van der Waals surface area contributed by atoms with Crippen LogP contribution in [0.15, 0.2) is 17.0 Å². The van der Waals surface area contributed by atoms with Crippen LogP contribution in [0.1, 0.15) is 17.5 Å². The molecule has 0 spiro atoms. The van der Waals surface area contributed by atoms with Crippen LogP contribution in [-0.4, -0.2) is 27.0 Å². The molecule has 0 aliphatic rings. The van der Waals surface area contributed by atoms with Crippen molar-refractivity contribution in [3.05, 3.63) is 23.3 Å². The summed E-state index contributed by atoms with van der Waals surface area (Å²) in [5, 5.41) is 0. The van der Waals surface area contributed by atoms with Gasteiger partial charge in [-0.25, -0.2) is 8.42 Å². The molecule has 0 radical (unpaired) electrons. The summed E-state index contributed by atoms with van der Waals surface area (Å²) < 4.78 is 28.4. The Kier molecular flexibility index (Phi) is 5.82. The van der Waals surface area contributed by atoms with Crippen molar-refractivity contribution in [1.82, 2.24) is 0 Å². The Morgan fingerprint density at radius 3 is 2.28 bits per heavy atom. The van der Waals surface area contributed by atoms with Crippen LogP contribution in [0.2, 0.25) is 0 Å². The van der Waals surface area contributed by atoms with Gasteiger partial charge in [0.2, 0.25) is 0 Å². The second-order valence-electron chi connectivity index (χ2n) is 4.02. The minimum Gasteiger partial charge on any atom is -0.494 e. The highest BCUT2D eigenvalue weighted by Crippen LogP contribution is 2.28. The molecule has 0 atom stereocenters. The summed E-state index contributed by atoms with van der Waals surface area (Å²) in [5.74, 6) is 1.74. The zero-order chi connectivity index (χ0) is 13.8. The van der Waals surface area contributed by atoms with Crippen LogP contribution >= 0.6 is 22.4 Å². The highest BCUT2D eigenvalue weighted by Gasteiger charge is 2.17. The summed E-state index contributed by atoms with van der Waals surface area (Å²) in [6, 6.07) is 3.42. The minimum absolute atomic E-state index is 0.181. The van der Waals surface area contributed by atoms with E-state index in [-0.39, 0.29) is 4.90 Å². The summed E-state index contributed by atoms with van der Waals surface area (Å²) in [7, 11) is 1.70. The van der Waals surface area contributed by atoms with E-state index in [1.165, 1.54) is 0 Å². The van der Waals surface area contributed by atoms with Gasteiger partial charge in [0.15, 0.2) is 0 Å². The van der Waals surface area contributed by atoms with E-state index in [2.05, 4.69) is 6.26 Å². The quantitative estimate of drug-likeness (QED) is 0.597. The van der Waals surface area contributed by atoms with E-state index >= 15 is 0 Å². The minimum atomic E-state index is -3.70. The zero-order valence-corrected chi connectivity index (χ0v) is 13.1. The molecule has 0 amide bonds. The molecular formula is C12H17ClO3S2. The summed E-state index contributed by atoms with van der Waals surface area (Å²) >= 11 is 1.77. The molecular weight excluding hydrogens is 292 g/mol. The highest BCUT2D eigenvalue weighted by atomic mass is 35.7. The molecule has 0 unspecified atom stereocenters. The molecule has 0 aromatic heterocycles. The lowest BCUT2D eigenvalue weighted by Gasteiger charge is -2.11. The molecule has 0 saturated heterocycles. The van der Waals surface area contributed by atoms with Crippen molar-refractivity contribution >= 4 is 31.5 Å². The maximum absolute atomic E-state index is 11.4. The van der Waals surface area contributed by atoms with E-state index in [0.29, 0.717) is 23.5 Å². The molecule has 0 fully saturated rings. The second kappa shape index (κ2) is 6.68. The van der Waals surface area contributed by atoms with Crippen molar-refractivity contribution < 1.29 is 13.2 Å². The number of ether oxygens (including phenoxy) is 1. The Labute approximate surface area is 117 Å². The van der Waals surface area contributed by atoms with E-state index < -0.39 is 9.05 Å². The topological polar surface area (TPSA) is 43.4 Å². The lowest BCUT2D eigenvalue weighted by molar-refractivity contribution is 0.318. The third-order valence-electron chi connectivity index (χ3n) is 2.44. The highest BCUT2D eigenvalue weighted by molar-refractivity contribution is 8.13. The molecule has 3 nitrogen and oxygen atoms in total. The predicted molar refractivity (Wildman–Crippen MR) is 77.4 cm³/mol. The molecule has 0 heterocycles. The molecule has 0 bridgehead atoms. The van der Waals surface area contributed by atoms with E-state index in [4.69, 9.17) is 15.4 Å². The lowest BCUT2D eigenvalue weighted by atomic mass is 10.1. The first-order valence-electron chi connectivity index (χ1n) is 5.54. The molecule has 1 aromatic carbocycles. The number of aryl methyl sites for hydroxylation is 2.